The van der Waals surface area contributed by atoms with E-state index in [4.69, 9.17) is 9.47 Å². The molecule has 3 rings (SSSR count). The minimum Gasteiger partial charge on any atom is -0.493 e. The molecule has 0 bridgehead atoms. The molecule has 0 radical (unpaired) electrons. The van der Waals surface area contributed by atoms with Crippen LogP contribution in [-0.2, 0) is 23.2 Å². The van der Waals surface area contributed by atoms with E-state index in [0.29, 0.717) is 29.2 Å². The largest absolute Gasteiger partial charge is 0.493 e. The Hall–Kier alpha value is -3.36. The van der Waals surface area contributed by atoms with Crippen LogP contribution in [0.2, 0.25) is 0 Å². The predicted octanol–water partition coefficient (Wildman–Crippen LogP) is 3.42. The second-order valence-corrected chi connectivity index (χ2v) is 9.01. The van der Waals surface area contributed by atoms with Crippen molar-refractivity contribution >= 4 is 15.9 Å². The smallest absolute Gasteiger partial charge is 0.251 e. The molecule has 32 heavy (non-hydrogen) atoms. The number of hydrogen-bond donors (Lipinski definition) is 2. The van der Waals surface area contributed by atoms with Crippen LogP contribution < -0.4 is 19.5 Å². The third-order valence-corrected chi connectivity index (χ3v) is 6.36. The zero-order valence-corrected chi connectivity index (χ0v) is 19.0. The molecule has 0 saturated carbocycles. The van der Waals surface area contributed by atoms with Crippen molar-refractivity contribution in [1.82, 2.24) is 10.0 Å². The van der Waals surface area contributed by atoms with Crippen molar-refractivity contribution in [3.05, 3.63) is 89.0 Å². The summed E-state index contributed by atoms with van der Waals surface area (Å²) in [5, 5.41) is 2.83. The molecule has 1 amide bonds. The molecule has 8 heteroatoms. The van der Waals surface area contributed by atoms with Crippen molar-refractivity contribution in [2.45, 2.75) is 25.0 Å². The number of carbonyl (C=O) groups excluding carboxylic acids is 1. The second-order valence-electron chi connectivity index (χ2n) is 7.13. The summed E-state index contributed by atoms with van der Waals surface area (Å²) in [6.07, 6.45) is 0. The minimum absolute atomic E-state index is 0.0392. The molecular weight excluding hydrogens is 428 g/mol. The van der Waals surface area contributed by atoms with Gasteiger partial charge in [0.15, 0.2) is 11.5 Å². The number of ether oxygens (including phenoxy) is 2. The third kappa shape index (κ3) is 5.66. The van der Waals surface area contributed by atoms with E-state index in [9.17, 15) is 13.2 Å². The van der Waals surface area contributed by atoms with Crippen molar-refractivity contribution in [3.63, 3.8) is 0 Å². The van der Waals surface area contributed by atoms with Crippen molar-refractivity contribution in [2.75, 3.05) is 14.2 Å². The van der Waals surface area contributed by atoms with Gasteiger partial charge in [-0.1, -0.05) is 42.5 Å². The summed E-state index contributed by atoms with van der Waals surface area (Å²) >= 11 is 0. The number of nitrogens with one attached hydrogen (secondary N) is 2. The fraction of sp³-hybridized carbons (Fsp3) is 0.208. The van der Waals surface area contributed by atoms with Gasteiger partial charge in [-0.25, -0.2) is 13.1 Å². The maximum atomic E-state index is 12.7. The summed E-state index contributed by atoms with van der Waals surface area (Å²) in [6.45, 7) is 2.42. The van der Waals surface area contributed by atoms with E-state index in [-0.39, 0.29) is 17.3 Å². The van der Waals surface area contributed by atoms with Gasteiger partial charge in [-0.3, -0.25) is 4.79 Å². The van der Waals surface area contributed by atoms with Gasteiger partial charge >= 0.3 is 0 Å². The van der Waals surface area contributed by atoms with Crippen LogP contribution in [0.4, 0.5) is 0 Å². The molecule has 0 fully saturated rings. The maximum Gasteiger partial charge on any atom is 0.251 e. The number of aryl methyl sites for hydroxylation is 1. The number of benzene rings is 3. The number of hydrogen-bond acceptors (Lipinski definition) is 5. The fourth-order valence-electron chi connectivity index (χ4n) is 3.08. The summed E-state index contributed by atoms with van der Waals surface area (Å²) in [5.74, 6) is 0.803. The van der Waals surface area contributed by atoms with Gasteiger partial charge in [0, 0.05) is 12.1 Å². The molecule has 2 N–H and O–H groups in total. The van der Waals surface area contributed by atoms with Crippen LogP contribution in [0, 0.1) is 6.92 Å². The minimum atomic E-state index is -3.64. The summed E-state index contributed by atoms with van der Waals surface area (Å²) in [7, 11) is -0.749. The average molecular weight is 455 g/mol. The Balaban J connectivity index is 1.69. The quantitative estimate of drug-likeness (QED) is 0.517. The first kappa shape index (κ1) is 23.3. The zero-order valence-electron chi connectivity index (χ0n) is 18.2. The Morgan fingerprint density at radius 1 is 0.938 bits per heavy atom. The molecule has 0 unspecified atom stereocenters. The van der Waals surface area contributed by atoms with Crippen LogP contribution in [0.15, 0.2) is 71.6 Å². The van der Waals surface area contributed by atoms with Crippen LogP contribution in [-0.4, -0.2) is 28.5 Å². The van der Waals surface area contributed by atoms with E-state index >= 15 is 0 Å². The van der Waals surface area contributed by atoms with Gasteiger partial charge in [0.2, 0.25) is 10.0 Å². The van der Waals surface area contributed by atoms with E-state index < -0.39 is 10.0 Å². The maximum absolute atomic E-state index is 12.7. The van der Waals surface area contributed by atoms with Crippen LogP contribution in [0.1, 0.15) is 27.0 Å². The normalized spacial score (nSPS) is 11.1. The first-order valence-electron chi connectivity index (χ1n) is 10.00. The molecule has 3 aromatic rings. The van der Waals surface area contributed by atoms with E-state index in [2.05, 4.69) is 10.0 Å². The Morgan fingerprint density at radius 3 is 2.38 bits per heavy atom. The van der Waals surface area contributed by atoms with Gasteiger partial charge < -0.3 is 14.8 Å². The molecule has 0 spiro atoms. The van der Waals surface area contributed by atoms with Gasteiger partial charge in [0.05, 0.1) is 12.0 Å². The van der Waals surface area contributed by atoms with Crippen molar-refractivity contribution in [1.29, 1.82) is 0 Å². The highest BCUT2D eigenvalue weighted by Crippen LogP contribution is 2.29. The second kappa shape index (κ2) is 10.3. The molecule has 0 heterocycles. The monoisotopic (exact) mass is 454 g/mol. The summed E-state index contributed by atoms with van der Waals surface area (Å²) in [4.78, 5) is 12.7. The van der Waals surface area contributed by atoms with Gasteiger partial charge in [-0.2, -0.15) is 0 Å². The highest BCUT2D eigenvalue weighted by molar-refractivity contribution is 7.89. The van der Waals surface area contributed by atoms with Gasteiger partial charge in [-0.05, 0) is 54.9 Å². The zero-order chi connectivity index (χ0) is 23.1. The fourth-order valence-corrected chi connectivity index (χ4v) is 3.84. The lowest BCUT2D eigenvalue weighted by molar-refractivity contribution is 0.0950. The molecule has 168 valence electrons. The topological polar surface area (TPSA) is 93.7 Å². The molecule has 0 aliphatic heterocycles. The Labute approximate surface area is 188 Å². The number of sulfonamides is 1. The SMILES string of the molecule is CNS(=O)(=O)c1ccc(C)c(C(=O)NCc2ccc(OCc3ccccc3)c(OC)c2)c1. The lowest BCUT2D eigenvalue weighted by Gasteiger charge is -2.13. The van der Waals surface area contributed by atoms with Crippen molar-refractivity contribution in [2.24, 2.45) is 0 Å². The van der Waals surface area contributed by atoms with Crippen molar-refractivity contribution < 1.29 is 22.7 Å². The molecule has 3 aromatic carbocycles. The lowest BCUT2D eigenvalue weighted by Crippen LogP contribution is -2.25. The highest BCUT2D eigenvalue weighted by Gasteiger charge is 2.16. The Morgan fingerprint density at radius 2 is 1.69 bits per heavy atom. The molecule has 0 aromatic heterocycles. The first-order chi connectivity index (χ1) is 15.3. The Kier molecular flexibility index (Phi) is 7.50. The van der Waals surface area contributed by atoms with Gasteiger partial charge in [-0.15, -0.1) is 0 Å². The van der Waals surface area contributed by atoms with E-state index in [1.54, 1.807) is 32.2 Å². The van der Waals surface area contributed by atoms with Crippen LogP contribution in [0.5, 0.6) is 11.5 Å². The Bertz CT molecular complexity index is 1190. The average Bonchev–Trinajstić information content (AvgIpc) is 2.82. The van der Waals surface area contributed by atoms with Gasteiger partial charge in [0.1, 0.15) is 6.61 Å². The predicted molar refractivity (Wildman–Crippen MR) is 122 cm³/mol. The first-order valence-corrected chi connectivity index (χ1v) is 11.5. The molecular formula is C24H26N2O5S. The number of rotatable bonds is 9. The summed E-state index contributed by atoms with van der Waals surface area (Å²) in [5.41, 5.74) is 2.85. The molecule has 0 aliphatic rings. The van der Waals surface area contributed by atoms with E-state index in [1.165, 1.54) is 19.2 Å². The van der Waals surface area contributed by atoms with E-state index in [1.807, 2.05) is 36.4 Å². The lowest BCUT2D eigenvalue weighted by atomic mass is 10.1. The van der Waals surface area contributed by atoms with Crippen LogP contribution >= 0.6 is 0 Å². The van der Waals surface area contributed by atoms with Crippen LogP contribution in [0.3, 0.4) is 0 Å². The van der Waals surface area contributed by atoms with Crippen LogP contribution in [0.25, 0.3) is 0 Å². The third-order valence-electron chi connectivity index (χ3n) is 4.95. The molecule has 0 saturated heterocycles. The van der Waals surface area contributed by atoms with E-state index in [0.717, 1.165) is 11.1 Å². The molecule has 7 nitrogen and oxygen atoms in total. The molecule has 0 aliphatic carbocycles. The summed E-state index contributed by atoms with van der Waals surface area (Å²) < 4.78 is 37.6. The number of methoxy groups -OCH3 is 1. The standard InChI is InChI=1S/C24H26N2O5S/c1-17-9-11-20(32(28,29)25-2)14-21(17)24(27)26-15-19-10-12-22(23(13-19)30-3)31-16-18-7-5-4-6-8-18/h4-14,25H,15-16H2,1-3H3,(H,26,27). The van der Waals surface area contributed by atoms with Crippen molar-refractivity contribution in [3.8, 4) is 11.5 Å². The molecule has 0 atom stereocenters. The number of amides is 1. The van der Waals surface area contributed by atoms with Gasteiger partial charge in [0.25, 0.3) is 5.91 Å². The highest BCUT2D eigenvalue weighted by atomic mass is 32.2. The summed E-state index contributed by atoms with van der Waals surface area (Å²) in [6, 6.07) is 19.7. The number of carbonyl (C=O) groups is 1.